The molecule has 1 amide bonds. The maximum atomic E-state index is 11.6. The lowest BCUT2D eigenvalue weighted by Crippen LogP contribution is -2.43. The number of hydrogen-bond acceptors (Lipinski definition) is 4. The molecule has 6 heteroatoms. The average Bonchev–Trinajstić information content (AvgIpc) is 3.32. The monoisotopic (exact) mass is 375 g/mol. The molecule has 6 nitrogen and oxygen atoms in total. The Morgan fingerprint density at radius 2 is 2.04 bits per heavy atom. The fourth-order valence-corrected chi connectivity index (χ4v) is 4.38. The van der Waals surface area contributed by atoms with Crippen LogP contribution in [0.1, 0.15) is 17.9 Å². The maximum absolute atomic E-state index is 11.6. The summed E-state index contributed by atoms with van der Waals surface area (Å²) in [5.74, 6) is 0.405. The van der Waals surface area contributed by atoms with Gasteiger partial charge < -0.3 is 20.1 Å². The molecule has 0 spiro atoms. The molecular weight excluding hydrogens is 350 g/mol. The zero-order valence-electron chi connectivity index (χ0n) is 16.1. The number of anilines is 1. The zero-order valence-corrected chi connectivity index (χ0v) is 16.1. The van der Waals surface area contributed by atoms with Gasteiger partial charge in [-0.15, -0.1) is 0 Å². The van der Waals surface area contributed by atoms with Crippen molar-refractivity contribution < 1.29 is 4.79 Å². The van der Waals surface area contributed by atoms with E-state index in [4.69, 9.17) is 4.98 Å². The summed E-state index contributed by atoms with van der Waals surface area (Å²) in [6.45, 7) is 4.76. The highest BCUT2D eigenvalue weighted by atomic mass is 16.1. The van der Waals surface area contributed by atoms with Crippen LogP contribution in [0.3, 0.4) is 0 Å². The highest BCUT2D eigenvalue weighted by molar-refractivity contribution is 5.96. The molecule has 0 saturated carbocycles. The van der Waals surface area contributed by atoms with Crippen LogP contribution < -0.4 is 15.5 Å². The predicted molar refractivity (Wildman–Crippen MR) is 112 cm³/mol. The normalized spacial score (nSPS) is 20.0. The molecule has 2 aromatic heterocycles. The van der Waals surface area contributed by atoms with Gasteiger partial charge in [-0.25, -0.2) is 4.98 Å². The fourth-order valence-electron chi connectivity index (χ4n) is 4.38. The van der Waals surface area contributed by atoms with Crippen molar-refractivity contribution in [2.75, 3.05) is 37.6 Å². The van der Waals surface area contributed by atoms with E-state index in [1.807, 2.05) is 13.2 Å². The molecule has 2 N–H and O–H groups in total. The standard InChI is InChI=1S/C22H25N5O/c1-26-14-20(16-4-2-3-15(9-16)17-10-21(28)24-12-17)19-11-18(13-25-22(19)26)27-7-5-23-6-8-27/h2-4,9,11,13-14,17,23H,5-8,10,12H2,1H3,(H,24,28). The van der Waals surface area contributed by atoms with Crippen LogP contribution in [0.5, 0.6) is 0 Å². The molecule has 0 bridgehead atoms. The second-order valence-corrected chi connectivity index (χ2v) is 7.79. The molecule has 4 heterocycles. The molecular formula is C22H25N5O. The van der Waals surface area contributed by atoms with Gasteiger partial charge in [-0.2, -0.15) is 0 Å². The van der Waals surface area contributed by atoms with Gasteiger partial charge >= 0.3 is 0 Å². The Kier molecular flexibility index (Phi) is 4.28. The van der Waals surface area contributed by atoms with E-state index in [0.717, 1.165) is 38.4 Å². The Morgan fingerprint density at radius 1 is 1.18 bits per heavy atom. The lowest BCUT2D eigenvalue weighted by molar-refractivity contribution is -0.119. The molecule has 5 rings (SSSR count). The van der Waals surface area contributed by atoms with E-state index in [9.17, 15) is 4.79 Å². The van der Waals surface area contributed by atoms with Crippen molar-refractivity contribution in [1.29, 1.82) is 0 Å². The van der Waals surface area contributed by atoms with Crippen LogP contribution in [0.4, 0.5) is 5.69 Å². The number of carbonyl (C=O) groups excluding carboxylic acids is 1. The number of piperazine rings is 1. The summed E-state index contributed by atoms with van der Waals surface area (Å²) in [7, 11) is 2.05. The number of aromatic nitrogens is 2. The fraction of sp³-hybridized carbons (Fsp3) is 0.364. The number of benzene rings is 1. The second kappa shape index (κ2) is 6.95. The van der Waals surface area contributed by atoms with Crippen LogP contribution in [0, 0.1) is 0 Å². The third kappa shape index (κ3) is 3.03. The molecule has 2 saturated heterocycles. The van der Waals surface area contributed by atoms with Crippen molar-refractivity contribution in [2.45, 2.75) is 12.3 Å². The van der Waals surface area contributed by atoms with Crippen LogP contribution in [0.15, 0.2) is 42.7 Å². The van der Waals surface area contributed by atoms with Crippen molar-refractivity contribution in [3.05, 3.63) is 48.3 Å². The number of hydrogen-bond donors (Lipinski definition) is 2. The van der Waals surface area contributed by atoms with Gasteiger partial charge in [-0.1, -0.05) is 24.3 Å². The van der Waals surface area contributed by atoms with Gasteiger partial charge in [0.15, 0.2) is 0 Å². The van der Waals surface area contributed by atoms with Crippen molar-refractivity contribution in [1.82, 2.24) is 20.2 Å². The summed E-state index contributed by atoms with van der Waals surface area (Å²) in [6, 6.07) is 10.9. The molecule has 3 aromatic rings. The average molecular weight is 375 g/mol. The first kappa shape index (κ1) is 17.3. The number of carbonyl (C=O) groups is 1. The van der Waals surface area contributed by atoms with Crippen LogP contribution in [0.25, 0.3) is 22.2 Å². The summed E-state index contributed by atoms with van der Waals surface area (Å²) in [5, 5.41) is 7.52. The Balaban J connectivity index is 1.55. The summed E-state index contributed by atoms with van der Waals surface area (Å²) >= 11 is 0. The zero-order chi connectivity index (χ0) is 19.1. The van der Waals surface area contributed by atoms with E-state index < -0.39 is 0 Å². The molecule has 0 radical (unpaired) electrons. The SMILES string of the molecule is Cn1cc(-c2cccc(C3CNC(=O)C3)c2)c2cc(N3CCNCC3)cnc21. The Morgan fingerprint density at radius 3 is 2.82 bits per heavy atom. The van der Waals surface area contributed by atoms with Gasteiger partial charge in [0.1, 0.15) is 5.65 Å². The number of aryl methyl sites for hydroxylation is 1. The highest BCUT2D eigenvalue weighted by Crippen LogP contribution is 2.34. The van der Waals surface area contributed by atoms with Crippen molar-refractivity contribution in [2.24, 2.45) is 7.05 Å². The summed E-state index contributed by atoms with van der Waals surface area (Å²) in [5.41, 5.74) is 5.78. The minimum absolute atomic E-state index is 0.144. The predicted octanol–water partition coefficient (Wildman–Crippen LogP) is 2.25. The van der Waals surface area contributed by atoms with Crippen LogP contribution in [0.2, 0.25) is 0 Å². The molecule has 1 aromatic carbocycles. The molecule has 2 fully saturated rings. The quantitative estimate of drug-likeness (QED) is 0.737. The van der Waals surface area contributed by atoms with Crippen LogP contribution in [-0.2, 0) is 11.8 Å². The molecule has 0 aliphatic carbocycles. The van der Waals surface area contributed by atoms with E-state index in [-0.39, 0.29) is 11.8 Å². The number of nitrogens with one attached hydrogen (secondary N) is 2. The first-order valence-corrected chi connectivity index (χ1v) is 9.97. The lowest BCUT2D eigenvalue weighted by atomic mass is 9.94. The number of nitrogens with zero attached hydrogens (tertiary/aromatic N) is 3. The van der Waals surface area contributed by atoms with Crippen molar-refractivity contribution >= 4 is 22.6 Å². The number of pyridine rings is 1. The third-order valence-electron chi connectivity index (χ3n) is 5.93. The lowest BCUT2D eigenvalue weighted by Gasteiger charge is -2.29. The highest BCUT2D eigenvalue weighted by Gasteiger charge is 2.23. The Hall–Kier alpha value is -2.86. The third-order valence-corrected chi connectivity index (χ3v) is 5.93. The number of rotatable bonds is 3. The minimum atomic E-state index is 0.144. The van der Waals surface area contributed by atoms with E-state index in [0.29, 0.717) is 6.42 Å². The summed E-state index contributed by atoms with van der Waals surface area (Å²) in [4.78, 5) is 18.8. The number of amides is 1. The molecule has 1 unspecified atom stereocenters. The van der Waals surface area contributed by atoms with Crippen LogP contribution in [-0.4, -0.2) is 48.2 Å². The van der Waals surface area contributed by atoms with Gasteiger partial charge in [0.05, 0.1) is 11.9 Å². The van der Waals surface area contributed by atoms with E-state index >= 15 is 0 Å². The van der Waals surface area contributed by atoms with Crippen molar-refractivity contribution in [3.8, 4) is 11.1 Å². The molecule has 1 atom stereocenters. The Labute approximate surface area is 164 Å². The second-order valence-electron chi connectivity index (χ2n) is 7.79. The topological polar surface area (TPSA) is 62.2 Å². The first-order valence-electron chi connectivity index (χ1n) is 9.97. The van der Waals surface area contributed by atoms with E-state index in [1.165, 1.54) is 27.8 Å². The maximum Gasteiger partial charge on any atom is 0.220 e. The first-order chi connectivity index (χ1) is 13.7. The van der Waals surface area contributed by atoms with Crippen LogP contribution >= 0.6 is 0 Å². The minimum Gasteiger partial charge on any atom is -0.368 e. The van der Waals surface area contributed by atoms with E-state index in [1.54, 1.807) is 0 Å². The smallest absolute Gasteiger partial charge is 0.220 e. The summed E-state index contributed by atoms with van der Waals surface area (Å²) < 4.78 is 2.10. The van der Waals surface area contributed by atoms with Gasteiger partial charge in [0.2, 0.25) is 5.91 Å². The molecule has 28 heavy (non-hydrogen) atoms. The molecule has 2 aliphatic rings. The Bertz CT molecular complexity index is 1030. The summed E-state index contributed by atoms with van der Waals surface area (Å²) in [6.07, 6.45) is 4.73. The van der Waals surface area contributed by atoms with Gasteiger partial charge in [-0.3, -0.25) is 4.79 Å². The van der Waals surface area contributed by atoms with Gasteiger partial charge in [-0.05, 0) is 17.2 Å². The van der Waals surface area contributed by atoms with Gasteiger partial charge in [0.25, 0.3) is 0 Å². The number of fused-ring (bicyclic) bond motifs is 1. The molecule has 144 valence electrons. The van der Waals surface area contributed by atoms with Gasteiger partial charge in [0, 0.05) is 69.3 Å². The van der Waals surface area contributed by atoms with Crippen molar-refractivity contribution in [3.63, 3.8) is 0 Å². The largest absolute Gasteiger partial charge is 0.368 e. The molecule has 2 aliphatic heterocycles. The van der Waals surface area contributed by atoms with E-state index in [2.05, 4.69) is 56.6 Å².